The zero-order chi connectivity index (χ0) is 29.1. The molecule has 0 aromatic heterocycles. The number of rotatable bonds is 9. The smallest absolute Gasteiger partial charge is 0.407 e. The van der Waals surface area contributed by atoms with Gasteiger partial charge in [-0.25, -0.2) is 14.4 Å². The van der Waals surface area contributed by atoms with Crippen LogP contribution in [0.4, 0.5) is 13.6 Å². The molecule has 4 rings (SSSR count). The highest BCUT2D eigenvalue weighted by Crippen LogP contribution is 2.44. The number of carbonyl (C=O) groups excluding carboxylic acids is 2. The number of ether oxygens (including phenoxy) is 2. The van der Waals surface area contributed by atoms with Crippen LogP contribution in [0.25, 0.3) is 11.1 Å². The molecule has 1 aliphatic rings. The van der Waals surface area contributed by atoms with E-state index in [1.807, 2.05) is 48.5 Å². The summed E-state index contributed by atoms with van der Waals surface area (Å²) in [6, 6.07) is 20.2. The predicted octanol–water partition coefficient (Wildman–Crippen LogP) is 5.74. The van der Waals surface area contributed by atoms with E-state index >= 15 is 0 Å². The summed E-state index contributed by atoms with van der Waals surface area (Å²) in [7, 11) is 0. The molecule has 1 amide bonds. The Balaban J connectivity index is 1.35. The summed E-state index contributed by atoms with van der Waals surface area (Å²) >= 11 is 0. The van der Waals surface area contributed by atoms with Gasteiger partial charge in [0, 0.05) is 18.8 Å². The van der Waals surface area contributed by atoms with E-state index in [9.17, 15) is 28.3 Å². The lowest BCUT2D eigenvalue weighted by Gasteiger charge is -2.23. The van der Waals surface area contributed by atoms with Crippen molar-refractivity contribution < 1.29 is 37.7 Å². The van der Waals surface area contributed by atoms with Crippen molar-refractivity contribution in [2.75, 3.05) is 6.61 Å². The van der Waals surface area contributed by atoms with Gasteiger partial charge in [-0.05, 0) is 54.2 Å². The van der Waals surface area contributed by atoms with Crippen molar-refractivity contribution in [3.63, 3.8) is 0 Å². The van der Waals surface area contributed by atoms with Gasteiger partial charge in [0.25, 0.3) is 0 Å². The Morgan fingerprint density at radius 2 is 1.40 bits per heavy atom. The quantitative estimate of drug-likeness (QED) is 0.329. The molecule has 3 aromatic rings. The molecule has 0 fully saturated rings. The van der Waals surface area contributed by atoms with Crippen LogP contribution in [0.15, 0.2) is 72.8 Å². The Bertz CT molecular complexity index is 1350. The van der Waals surface area contributed by atoms with Crippen molar-refractivity contribution in [3.05, 3.63) is 95.1 Å². The van der Waals surface area contributed by atoms with Crippen molar-refractivity contribution >= 4 is 18.0 Å². The van der Waals surface area contributed by atoms with Crippen molar-refractivity contribution in [1.82, 2.24) is 5.32 Å². The lowest BCUT2D eigenvalue weighted by Crippen LogP contribution is -2.42. The standard InChI is InChI=1S/C31H31F2NO6/c1-30(2,3)40-28(37)31(32,33)17-20-14-12-19(13-15-20)16-26(27(35)36)34-29(38)39-18-25-23-10-6-4-8-21(23)22-9-5-7-11-24(22)25/h4-15,25-26H,16-18H2,1-3H3,(H,34,38)(H,35,36)/t26-/m0/s1. The summed E-state index contributed by atoms with van der Waals surface area (Å²) in [5, 5.41) is 12.0. The summed E-state index contributed by atoms with van der Waals surface area (Å²) in [5.74, 6) is -6.77. The first kappa shape index (κ1) is 28.7. The van der Waals surface area contributed by atoms with E-state index in [0.29, 0.717) is 5.56 Å². The minimum Gasteiger partial charge on any atom is -0.480 e. The van der Waals surface area contributed by atoms with Crippen molar-refractivity contribution in [3.8, 4) is 11.1 Å². The van der Waals surface area contributed by atoms with Gasteiger partial charge in [0.05, 0.1) is 0 Å². The molecule has 0 saturated carbocycles. The van der Waals surface area contributed by atoms with Crippen LogP contribution in [0.3, 0.4) is 0 Å². The second-order valence-corrected chi connectivity index (χ2v) is 10.8. The molecule has 3 aromatic carbocycles. The first-order chi connectivity index (χ1) is 18.8. The van der Waals surface area contributed by atoms with E-state index in [2.05, 4.69) is 5.32 Å². The van der Waals surface area contributed by atoms with Gasteiger partial charge in [-0.3, -0.25) is 0 Å². The average molecular weight is 552 g/mol. The van der Waals surface area contributed by atoms with Crippen LogP contribution < -0.4 is 5.32 Å². The number of alkyl halides is 2. The number of alkyl carbamates (subject to hydrolysis) is 1. The minimum absolute atomic E-state index is 0.0345. The average Bonchev–Trinajstić information content (AvgIpc) is 3.20. The molecule has 0 radical (unpaired) electrons. The van der Waals surface area contributed by atoms with Crippen molar-refractivity contribution in [1.29, 1.82) is 0 Å². The molecule has 2 N–H and O–H groups in total. The number of aliphatic carboxylic acids is 1. The third-order valence-electron chi connectivity index (χ3n) is 6.52. The second kappa shape index (κ2) is 11.5. The highest BCUT2D eigenvalue weighted by atomic mass is 19.3. The van der Waals surface area contributed by atoms with E-state index in [1.165, 1.54) is 45.0 Å². The number of amides is 1. The summed E-state index contributed by atoms with van der Waals surface area (Å²) in [4.78, 5) is 36.3. The first-order valence-corrected chi connectivity index (χ1v) is 12.9. The van der Waals surface area contributed by atoms with E-state index < -0.39 is 42.0 Å². The molecule has 0 unspecified atom stereocenters. The highest BCUT2D eigenvalue weighted by molar-refractivity contribution is 5.81. The number of carboxylic acids is 1. The van der Waals surface area contributed by atoms with Crippen LogP contribution >= 0.6 is 0 Å². The monoisotopic (exact) mass is 551 g/mol. The molecule has 0 saturated heterocycles. The number of carbonyl (C=O) groups is 3. The molecular weight excluding hydrogens is 520 g/mol. The molecule has 9 heteroatoms. The zero-order valence-electron chi connectivity index (χ0n) is 22.4. The molecule has 0 aliphatic heterocycles. The fourth-order valence-corrected chi connectivity index (χ4v) is 4.69. The normalized spacial score (nSPS) is 13.6. The molecule has 0 spiro atoms. The fraction of sp³-hybridized carbons (Fsp3) is 0.323. The third kappa shape index (κ3) is 6.83. The van der Waals surface area contributed by atoms with E-state index in [4.69, 9.17) is 9.47 Å². The topological polar surface area (TPSA) is 102 Å². The van der Waals surface area contributed by atoms with Crippen LogP contribution in [-0.4, -0.2) is 47.3 Å². The van der Waals surface area contributed by atoms with Crippen LogP contribution in [0, 0.1) is 0 Å². The van der Waals surface area contributed by atoms with Crippen molar-refractivity contribution in [2.24, 2.45) is 0 Å². The van der Waals surface area contributed by atoms with Gasteiger partial charge in [0.1, 0.15) is 18.2 Å². The van der Waals surface area contributed by atoms with Crippen LogP contribution in [-0.2, 0) is 31.9 Å². The van der Waals surface area contributed by atoms with E-state index in [1.54, 1.807) is 0 Å². The number of benzene rings is 3. The lowest BCUT2D eigenvalue weighted by molar-refractivity contribution is -0.183. The zero-order valence-corrected chi connectivity index (χ0v) is 22.4. The molecular formula is C31H31F2NO6. The maximum absolute atomic E-state index is 14.3. The number of hydrogen-bond donors (Lipinski definition) is 2. The maximum atomic E-state index is 14.3. The molecule has 210 valence electrons. The third-order valence-corrected chi connectivity index (χ3v) is 6.52. The van der Waals surface area contributed by atoms with Crippen molar-refractivity contribution in [2.45, 2.75) is 57.1 Å². The van der Waals surface area contributed by atoms with Gasteiger partial charge >= 0.3 is 24.0 Å². The van der Waals surface area contributed by atoms with Crippen LogP contribution in [0.5, 0.6) is 0 Å². The number of fused-ring (bicyclic) bond motifs is 3. The van der Waals surface area contributed by atoms with E-state index in [0.717, 1.165) is 22.3 Å². The molecule has 1 atom stereocenters. The number of esters is 1. The van der Waals surface area contributed by atoms with E-state index in [-0.39, 0.29) is 24.5 Å². The Hall–Kier alpha value is -4.27. The summed E-state index contributed by atoms with van der Waals surface area (Å²) in [5.41, 5.74) is 3.83. The molecule has 1 aliphatic carbocycles. The van der Waals surface area contributed by atoms with Crippen LogP contribution in [0.2, 0.25) is 0 Å². The van der Waals surface area contributed by atoms with Gasteiger partial charge in [-0.2, -0.15) is 8.78 Å². The summed E-state index contributed by atoms with van der Waals surface area (Å²) in [6.45, 7) is 4.55. The lowest BCUT2D eigenvalue weighted by atomic mass is 9.98. The molecule has 0 heterocycles. The van der Waals surface area contributed by atoms with Gasteiger partial charge < -0.3 is 19.9 Å². The number of carboxylic acid groups (broad SMARTS) is 1. The molecule has 0 bridgehead atoms. The SMILES string of the molecule is CC(C)(C)OC(=O)C(F)(F)Cc1ccc(C[C@H](NC(=O)OCC2c3ccccc3-c3ccccc32)C(=O)O)cc1. The van der Waals surface area contributed by atoms with Gasteiger partial charge in [-0.15, -0.1) is 0 Å². The number of nitrogens with one attached hydrogen (secondary N) is 1. The molecule has 7 nitrogen and oxygen atoms in total. The van der Waals surface area contributed by atoms with Gasteiger partial charge in [-0.1, -0.05) is 72.8 Å². The first-order valence-electron chi connectivity index (χ1n) is 12.9. The maximum Gasteiger partial charge on any atom is 0.407 e. The van der Waals surface area contributed by atoms with Gasteiger partial charge in [0.15, 0.2) is 0 Å². The summed E-state index contributed by atoms with van der Waals surface area (Å²) < 4.78 is 38.9. The Kier molecular flexibility index (Phi) is 8.23. The largest absolute Gasteiger partial charge is 0.480 e. The second-order valence-electron chi connectivity index (χ2n) is 10.8. The Morgan fingerprint density at radius 3 is 1.93 bits per heavy atom. The molecule has 40 heavy (non-hydrogen) atoms. The predicted molar refractivity (Wildman–Crippen MR) is 144 cm³/mol. The number of halogens is 2. The highest BCUT2D eigenvalue weighted by Gasteiger charge is 2.42. The Labute approximate surface area is 231 Å². The van der Waals surface area contributed by atoms with Crippen LogP contribution in [0.1, 0.15) is 48.9 Å². The fourth-order valence-electron chi connectivity index (χ4n) is 4.69. The summed E-state index contributed by atoms with van der Waals surface area (Å²) in [6.07, 6.45) is -1.83. The number of hydrogen-bond acceptors (Lipinski definition) is 5. The van der Waals surface area contributed by atoms with Gasteiger partial charge in [0.2, 0.25) is 0 Å². The Morgan fingerprint density at radius 1 is 0.875 bits per heavy atom. The minimum atomic E-state index is -3.72.